The molecule has 0 aromatic carbocycles. The Kier molecular flexibility index (Phi) is 5.37. The lowest BCUT2D eigenvalue weighted by Crippen LogP contribution is -2.47. The van der Waals surface area contributed by atoms with Crippen LogP contribution < -0.4 is 5.73 Å². The third-order valence-corrected chi connectivity index (χ3v) is 4.44. The fourth-order valence-electron chi connectivity index (χ4n) is 3.20. The van der Waals surface area contributed by atoms with Crippen LogP contribution in [0.1, 0.15) is 25.7 Å². The number of likely N-dealkylation sites (tertiary alicyclic amines) is 2. The van der Waals surface area contributed by atoms with Gasteiger partial charge in [0.2, 0.25) is 11.8 Å². The molecule has 2 atom stereocenters. The van der Waals surface area contributed by atoms with E-state index in [-0.39, 0.29) is 24.3 Å². The summed E-state index contributed by atoms with van der Waals surface area (Å²) in [5.41, 5.74) is 5.33. The van der Waals surface area contributed by atoms with Crippen LogP contribution in [0.15, 0.2) is 0 Å². The number of hydrogen-bond acceptors (Lipinski definition) is 4. The number of carbonyl (C=O) groups excluding carboxylic acids is 2. The van der Waals surface area contributed by atoms with Crippen molar-refractivity contribution < 1.29 is 14.7 Å². The van der Waals surface area contributed by atoms with Crippen LogP contribution in [0.5, 0.6) is 0 Å². The van der Waals surface area contributed by atoms with Gasteiger partial charge in [0, 0.05) is 26.2 Å². The first-order chi connectivity index (χ1) is 9.60. The Morgan fingerprint density at radius 3 is 2.70 bits per heavy atom. The number of nitrogens with two attached hydrogens (primary N) is 1. The second kappa shape index (κ2) is 7.04. The van der Waals surface area contributed by atoms with Crippen molar-refractivity contribution in [3.63, 3.8) is 0 Å². The third kappa shape index (κ3) is 3.93. The van der Waals surface area contributed by atoms with Gasteiger partial charge in [-0.05, 0) is 38.1 Å². The molecule has 114 valence electrons. The highest BCUT2D eigenvalue weighted by Crippen LogP contribution is 2.20. The summed E-state index contributed by atoms with van der Waals surface area (Å²) in [5.74, 6) is 0.119. The molecule has 0 bridgehead atoms. The van der Waals surface area contributed by atoms with Gasteiger partial charge >= 0.3 is 0 Å². The summed E-state index contributed by atoms with van der Waals surface area (Å²) >= 11 is 0. The minimum Gasteiger partial charge on any atom is -0.396 e. The zero-order chi connectivity index (χ0) is 14.5. The zero-order valence-electron chi connectivity index (χ0n) is 12.0. The summed E-state index contributed by atoms with van der Waals surface area (Å²) in [6.45, 7) is 3.66. The van der Waals surface area contributed by atoms with Crippen molar-refractivity contribution in [2.24, 2.45) is 17.6 Å². The summed E-state index contributed by atoms with van der Waals surface area (Å²) < 4.78 is 0. The predicted octanol–water partition coefficient (Wildman–Crippen LogP) is -0.585. The first-order valence-corrected chi connectivity index (χ1v) is 7.50. The molecule has 6 heteroatoms. The van der Waals surface area contributed by atoms with Gasteiger partial charge in [0.15, 0.2) is 0 Å². The van der Waals surface area contributed by atoms with E-state index in [1.165, 1.54) is 0 Å². The Morgan fingerprint density at radius 1 is 1.20 bits per heavy atom. The van der Waals surface area contributed by atoms with Crippen LogP contribution in [0.4, 0.5) is 0 Å². The van der Waals surface area contributed by atoms with E-state index >= 15 is 0 Å². The number of aliphatic hydroxyl groups excluding tert-OH is 1. The average Bonchev–Trinajstić information content (AvgIpc) is 2.86. The van der Waals surface area contributed by atoms with Crippen molar-refractivity contribution >= 4 is 11.8 Å². The van der Waals surface area contributed by atoms with Crippen LogP contribution in [-0.2, 0) is 9.59 Å². The molecule has 2 amide bonds. The minimum atomic E-state index is -0.299. The Morgan fingerprint density at radius 2 is 2.00 bits per heavy atom. The van der Waals surface area contributed by atoms with Crippen LogP contribution in [0, 0.1) is 11.8 Å². The molecule has 20 heavy (non-hydrogen) atoms. The van der Waals surface area contributed by atoms with Crippen LogP contribution >= 0.6 is 0 Å². The molecule has 2 heterocycles. The summed E-state index contributed by atoms with van der Waals surface area (Å²) in [5, 5.41) is 8.94. The van der Waals surface area contributed by atoms with Crippen LogP contribution in [0.2, 0.25) is 0 Å². The summed E-state index contributed by atoms with van der Waals surface area (Å²) in [6.07, 6.45) is 3.52. The first-order valence-electron chi connectivity index (χ1n) is 7.50. The first kappa shape index (κ1) is 15.3. The van der Waals surface area contributed by atoms with Crippen molar-refractivity contribution in [3.8, 4) is 0 Å². The molecule has 2 aliphatic heterocycles. The molecule has 0 aliphatic carbocycles. The van der Waals surface area contributed by atoms with Gasteiger partial charge in [-0.15, -0.1) is 0 Å². The fourth-order valence-corrected chi connectivity index (χ4v) is 3.20. The number of amides is 2. The van der Waals surface area contributed by atoms with Gasteiger partial charge in [-0.3, -0.25) is 14.5 Å². The van der Waals surface area contributed by atoms with Crippen molar-refractivity contribution in [1.29, 1.82) is 0 Å². The number of carbonyl (C=O) groups is 2. The van der Waals surface area contributed by atoms with E-state index in [1.54, 1.807) is 4.90 Å². The number of aliphatic hydroxyl groups is 1. The van der Waals surface area contributed by atoms with E-state index in [2.05, 4.69) is 4.90 Å². The van der Waals surface area contributed by atoms with Crippen LogP contribution in [-0.4, -0.2) is 66.1 Å². The molecule has 2 rings (SSSR count). The van der Waals surface area contributed by atoms with Crippen molar-refractivity contribution in [2.75, 3.05) is 39.3 Å². The Labute approximate surface area is 119 Å². The van der Waals surface area contributed by atoms with E-state index < -0.39 is 0 Å². The molecule has 6 nitrogen and oxygen atoms in total. The number of piperidine rings is 1. The number of rotatable bonds is 5. The smallest absolute Gasteiger partial charge is 0.236 e. The Hall–Kier alpha value is -1.14. The normalized spacial score (nSPS) is 27.8. The van der Waals surface area contributed by atoms with E-state index in [0.717, 1.165) is 45.3 Å². The molecular formula is C14H25N3O3. The van der Waals surface area contributed by atoms with Crippen molar-refractivity contribution in [2.45, 2.75) is 25.7 Å². The average molecular weight is 283 g/mol. The largest absolute Gasteiger partial charge is 0.396 e. The molecule has 3 N–H and O–H groups in total. The van der Waals surface area contributed by atoms with Gasteiger partial charge in [0.05, 0.1) is 12.5 Å². The van der Waals surface area contributed by atoms with Gasteiger partial charge in [0.1, 0.15) is 0 Å². The lowest BCUT2D eigenvalue weighted by atomic mass is 9.97. The number of primary amides is 1. The maximum atomic E-state index is 12.3. The molecule has 2 unspecified atom stereocenters. The second-order valence-corrected chi connectivity index (χ2v) is 5.98. The van der Waals surface area contributed by atoms with Gasteiger partial charge in [-0.25, -0.2) is 0 Å². The monoisotopic (exact) mass is 283 g/mol. The van der Waals surface area contributed by atoms with Gasteiger partial charge in [0.25, 0.3) is 0 Å². The van der Waals surface area contributed by atoms with Gasteiger partial charge < -0.3 is 15.7 Å². The number of nitrogens with zero attached hydrogens (tertiary/aromatic N) is 2. The van der Waals surface area contributed by atoms with E-state index in [9.17, 15) is 9.59 Å². The Balaban J connectivity index is 1.78. The molecule has 0 aromatic rings. The number of hydrogen-bond donors (Lipinski definition) is 2. The maximum absolute atomic E-state index is 12.3. The van der Waals surface area contributed by atoms with E-state index in [0.29, 0.717) is 19.0 Å². The van der Waals surface area contributed by atoms with Crippen LogP contribution in [0.3, 0.4) is 0 Å². The zero-order valence-corrected chi connectivity index (χ0v) is 12.0. The molecule has 2 aliphatic rings. The molecule has 0 spiro atoms. The highest BCUT2D eigenvalue weighted by Gasteiger charge is 2.29. The molecule has 0 aromatic heterocycles. The highest BCUT2D eigenvalue weighted by atomic mass is 16.3. The summed E-state index contributed by atoms with van der Waals surface area (Å²) in [6, 6.07) is 0. The van der Waals surface area contributed by atoms with Gasteiger partial charge in [-0.1, -0.05) is 0 Å². The van der Waals surface area contributed by atoms with Crippen molar-refractivity contribution in [1.82, 2.24) is 9.80 Å². The van der Waals surface area contributed by atoms with Crippen LogP contribution in [0.25, 0.3) is 0 Å². The standard InChI is InChI=1S/C14H25N3O3/c15-14(20)12-2-1-5-17(9-12)13(19)10-16-6-3-11(8-16)4-7-18/h11-12,18H,1-10H2,(H2,15,20). The lowest BCUT2D eigenvalue weighted by Gasteiger charge is -2.32. The molecule has 0 saturated carbocycles. The highest BCUT2D eigenvalue weighted by molar-refractivity contribution is 5.81. The van der Waals surface area contributed by atoms with E-state index in [1.807, 2.05) is 0 Å². The lowest BCUT2D eigenvalue weighted by molar-refractivity contribution is -0.135. The molecule has 0 radical (unpaired) electrons. The molecule has 2 saturated heterocycles. The van der Waals surface area contributed by atoms with E-state index in [4.69, 9.17) is 10.8 Å². The molecule has 2 fully saturated rings. The topological polar surface area (TPSA) is 86.9 Å². The van der Waals surface area contributed by atoms with Gasteiger partial charge in [-0.2, -0.15) is 0 Å². The summed E-state index contributed by atoms with van der Waals surface area (Å²) in [7, 11) is 0. The molecular weight excluding hydrogens is 258 g/mol. The predicted molar refractivity (Wildman–Crippen MR) is 74.7 cm³/mol. The second-order valence-electron chi connectivity index (χ2n) is 5.98. The maximum Gasteiger partial charge on any atom is 0.236 e. The fraction of sp³-hybridized carbons (Fsp3) is 0.857. The Bertz CT molecular complexity index is 362. The SMILES string of the molecule is NC(=O)C1CCCN(C(=O)CN2CCC(CCO)C2)C1. The quantitative estimate of drug-likeness (QED) is 0.706. The minimum absolute atomic E-state index is 0.0978. The third-order valence-electron chi connectivity index (χ3n) is 4.44. The van der Waals surface area contributed by atoms with Crippen molar-refractivity contribution in [3.05, 3.63) is 0 Å². The summed E-state index contributed by atoms with van der Waals surface area (Å²) in [4.78, 5) is 27.4.